The summed E-state index contributed by atoms with van der Waals surface area (Å²) in [5.74, 6) is 5.89. The average molecular weight is 292 g/mol. The van der Waals surface area contributed by atoms with E-state index < -0.39 is 11.0 Å². The van der Waals surface area contributed by atoms with Gasteiger partial charge in [-0.1, -0.05) is 37.8 Å². The molecule has 1 aromatic rings. The summed E-state index contributed by atoms with van der Waals surface area (Å²) in [5.41, 5.74) is -0.974. The lowest BCUT2D eigenvalue weighted by molar-refractivity contribution is -0.0123. The van der Waals surface area contributed by atoms with E-state index in [9.17, 15) is 10.4 Å². The Bertz CT molecular complexity index is 691. The fraction of sp³-hybridized carbons (Fsp3) is 0.474. The molecule has 0 bridgehead atoms. The summed E-state index contributed by atoms with van der Waals surface area (Å²) in [7, 11) is 0. The Morgan fingerprint density at radius 1 is 1.18 bits per heavy atom. The second-order valence-electron chi connectivity index (χ2n) is 5.88. The van der Waals surface area contributed by atoms with E-state index in [0.717, 1.165) is 12.8 Å². The summed E-state index contributed by atoms with van der Waals surface area (Å²) >= 11 is 0. The molecule has 1 aliphatic rings. The topological polar surface area (TPSA) is 67.8 Å². The van der Waals surface area contributed by atoms with Gasteiger partial charge in [0, 0.05) is 11.5 Å². The van der Waals surface area contributed by atoms with Crippen LogP contribution in [0.3, 0.4) is 0 Å². The van der Waals surface area contributed by atoms with Crippen LogP contribution in [0.5, 0.6) is 0 Å². The molecule has 1 unspecified atom stereocenters. The van der Waals surface area contributed by atoms with Crippen LogP contribution in [0.1, 0.15) is 50.7 Å². The molecule has 2 rings (SSSR count). The summed E-state index contributed by atoms with van der Waals surface area (Å²) < 4.78 is 0. The number of benzene rings is 1. The molecule has 0 saturated heterocycles. The molecule has 0 heterocycles. The Kier molecular flexibility index (Phi) is 4.56. The van der Waals surface area contributed by atoms with Crippen LogP contribution >= 0.6 is 0 Å². The maximum Gasteiger partial charge on any atom is 0.147 e. The van der Waals surface area contributed by atoms with E-state index >= 15 is 0 Å². The summed E-state index contributed by atoms with van der Waals surface area (Å²) in [6, 6.07) is 11.5. The lowest BCUT2D eigenvalue weighted by atomic mass is 9.73. The van der Waals surface area contributed by atoms with Crippen molar-refractivity contribution in [2.24, 2.45) is 11.3 Å². The first-order chi connectivity index (χ1) is 10.6. The van der Waals surface area contributed by atoms with Crippen molar-refractivity contribution in [1.29, 1.82) is 10.5 Å². The highest BCUT2D eigenvalue weighted by Crippen LogP contribution is 2.57. The largest absolute Gasteiger partial charge is 0.376 e. The van der Waals surface area contributed by atoms with Crippen molar-refractivity contribution in [3.63, 3.8) is 0 Å². The molecular weight excluding hydrogens is 272 g/mol. The molecule has 1 aliphatic carbocycles. The van der Waals surface area contributed by atoms with Gasteiger partial charge in [-0.15, -0.1) is 0 Å². The standard InChI is InChI=1S/C19H20N2O/c1-3-17(4-2)19(22,18(14-21)11-12-18)10-9-15-7-5-6-8-16(15)13-20/h5-8,17,22H,3-4,11-12H2,1-2H3. The molecule has 112 valence electrons. The van der Waals surface area contributed by atoms with E-state index in [2.05, 4.69) is 24.0 Å². The zero-order chi connectivity index (χ0) is 16.2. The first-order valence-electron chi connectivity index (χ1n) is 7.72. The lowest BCUT2D eigenvalue weighted by Crippen LogP contribution is -2.44. The third kappa shape index (κ3) is 2.59. The van der Waals surface area contributed by atoms with E-state index in [1.54, 1.807) is 18.2 Å². The minimum atomic E-state index is -1.31. The van der Waals surface area contributed by atoms with E-state index in [4.69, 9.17) is 5.26 Å². The van der Waals surface area contributed by atoms with Gasteiger partial charge in [0.1, 0.15) is 11.7 Å². The van der Waals surface area contributed by atoms with E-state index in [-0.39, 0.29) is 5.92 Å². The van der Waals surface area contributed by atoms with Crippen LogP contribution in [-0.2, 0) is 0 Å². The maximum absolute atomic E-state index is 11.2. The summed E-state index contributed by atoms with van der Waals surface area (Å²) in [6.07, 6.45) is 2.91. The molecule has 1 fully saturated rings. The molecule has 1 aromatic carbocycles. The van der Waals surface area contributed by atoms with Crippen molar-refractivity contribution in [2.45, 2.75) is 45.1 Å². The Morgan fingerprint density at radius 3 is 2.23 bits per heavy atom. The highest BCUT2D eigenvalue weighted by molar-refractivity contribution is 5.49. The molecule has 0 spiro atoms. The van der Waals surface area contributed by atoms with Gasteiger partial charge in [0.15, 0.2) is 0 Å². The van der Waals surface area contributed by atoms with Gasteiger partial charge in [-0.25, -0.2) is 0 Å². The third-order valence-corrected chi connectivity index (χ3v) is 4.71. The summed E-state index contributed by atoms with van der Waals surface area (Å²) in [4.78, 5) is 0. The average Bonchev–Trinajstić information content (AvgIpc) is 3.36. The number of hydrogen-bond donors (Lipinski definition) is 1. The fourth-order valence-corrected chi connectivity index (χ4v) is 3.05. The molecule has 1 atom stereocenters. The van der Waals surface area contributed by atoms with Gasteiger partial charge in [0.25, 0.3) is 0 Å². The van der Waals surface area contributed by atoms with Crippen LogP contribution in [0.2, 0.25) is 0 Å². The SMILES string of the molecule is CCC(CC)C(O)(C#Cc1ccccc1C#N)C1(C#N)CC1. The molecular formula is C19H20N2O. The highest BCUT2D eigenvalue weighted by Gasteiger charge is 2.61. The lowest BCUT2D eigenvalue weighted by Gasteiger charge is -2.34. The van der Waals surface area contributed by atoms with Crippen molar-refractivity contribution in [1.82, 2.24) is 0 Å². The van der Waals surface area contributed by atoms with E-state index in [1.807, 2.05) is 19.9 Å². The van der Waals surface area contributed by atoms with Crippen molar-refractivity contribution >= 4 is 0 Å². The third-order valence-electron chi connectivity index (χ3n) is 4.71. The van der Waals surface area contributed by atoms with Gasteiger partial charge in [-0.3, -0.25) is 0 Å². The summed E-state index contributed by atoms with van der Waals surface area (Å²) in [5, 5.41) is 29.8. The van der Waals surface area contributed by atoms with Gasteiger partial charge in [-0.2, -0.15) is 10.5 Å². The van der Waals surface area contributed by atoms with Crippen molar-refractivity contribution in [2.75, 3.05) is 0 Å². The van der Waals surface area contributed by atoms with Gasteiger partial charge in [-0.05, 0) is 37.8 Å². The van der Waals surface area contributed by atoms with E-state index in [1.165, 1.54) is 0 Å². The molecule has 1 saturated carbocycles. The zero-order valence-corrected chi connectivity index (χ0v) is 13.1. The van der Waals surface area contributed by atoms with Crippen LogP contribution in [-0.4, -0.2) is 10.7 Å². The second-order valence-corrected chi connectivity index (χ2v) is 5.88. The van der Waals surface area contributed by atoms with Gasteiger partial charge < -0.3 is 5.11 Å². The number of rotatable bonds is 4. The number of hydrogen-bond acceptors (Lipinski definition) is 3. The Balaban J connectivity index is 2.48. The molecule has 22 heavy (non-hydrogen) atoms. The smallest absolute Gasteiger partial charge is 0.147 e. The Morgan fingerprint density at radius 2 is 1.77 bits per heavy atom. The quantitative estimate of drug-likeness (QED) is 0.865. The predicted octanol–water partition coefficient (Wildman–Crippen LogP) is 3.38. The van der Waals surface area contributed by atoms with Crippen molar-refractivity contribution < 1.29 is 5.11 Å². The van der Waals surface area contributed by atoms with Crippen LogP contribution in [0.4, 0.5) is 0 Å². The van der Waals surface area contributed by atoms with Crippen LogP contribution in [0, 0.1) is 45.8 Å². The van der Waals surface area contributed by atoms with Gasteiger partial charge in [0.05, 0.1) is 17.0 Å². The molecule has 0 aliphatic heterocycles. The van der Waals surface area contributed by atoms with Crippen molar-refractivity contribution in [3.05, 3.63) is 35.4 Å². The predicted molar refractivity (Wildman–Crippen MR) is 84.3 cm³/mol. The summed E-state index contributed by atoms with van der Waals surface area (Å²) in [6.45, 7) is 4.02. The first kappa shape index (κ1) is 16.1. The van der Waals surface area contributed by atoms with Crippen LogP contribution in [0.25, 0.3) is 0 Å². The number of aliphatic hydroxyl groups is 1. The number of nitrogens with zero attached hydrogens (tertiary/aromatic N) is 2. The van der Waals surface area contributed by atoms with Gasteiger partial charge in [0.2, 0.25) is 0 Å². The molecule has 1 N–H and O–H groups in total. The molecule has 0 amide bonds. The first-order valence-corrected chi connectivity index (χ1v) is 7.72. The Labute approximate surface area is 132 Å². The van der Waals surface area contributed by atoms with Crippen molar-refractivity contribution in [3.8, 4) is 24.0 Å². The highest BCUT2D eigenvalue weighted by atomic mass is 16.3. The van der Waals surface area contributed by atoms with Crippen LogP contribution in [0.15, 0.2) is 24.3 Å². The molecule has 0 aromatic heterocycles. The Hall–Kier alpha value is -2.28. The van der Waals surface area contributed by atoms with Crippen LogP contribution < -0.4 is 0 Å². The molecule has 0 radical (unpaired) electrons. The normalized spacial score (nSPS) is 17.5. The zero-order valence-electron chi connectivity index (χ0n) is 13.1. The fourth-order valence-electron chi connectivity index (χ4n) is 3.05. The minimum Gasteiger partial charge on any atom is -0.376 e. The second kappa shape index (κ2) is 6.23. The monoisotopic (exact) mass is 292 g/mol. The number of nitriles is 2. The molecule has 3 heteroatoms. The van der Waals surface area contributed by atoms with Gasteiger partial charge >= 0.3 is 0 Å². The maximum atomic E-state index is 11.2. The minimum absolute atomic E-state index is 0.0450. The molecule has 3 nitrogen and oxygen atoms in total. The van der Waals surface area contributed by atoms with E-state index in [0.29, 0.717) is 24.0 Å².